The van der Waals surface area contributed by atoms with Crippen LogP contribution in [0.4, 0.5) is 0 Å². The molecule has 2 unspecified atom stereocenters. The molecule has 0 aliphatic heterocycles. The molecule has 4 heteroatoms. The zero-order valence-electron chi connectivity index (χ0n) is 8.47. The standard InChI is InChI=1S/C9H18BrNO2/c1-4-8(10)9(12)11-7(2)5-6-13-3/h7-8H,4-6H2,1-3H3,(H,11,12). The molecule has 0 saturated heterocycles. The van der Waals surface area contributed by atoms with Crippen LogP contribution in [0.5, 0.6) is 0 Å². The van der Waals surface area contributed by atoms with E-state index in [2.05, 4.69) is 21.2 Å². The van der Waals surface area contributed by atoms with Crippen molar-refractivity contribution in [2.75, 3.05) is 13.7 Å². The molecule has 78 valence electrons. The van der Waals surface area contributed by atoms with Crippen LogP contribution in [0.15, 0.2) is 0 Å². The molecule has 0 spiro atoms. The summed E-state index contributed by atoms with van der Waals surface area (Å²) in [6.07, 6.45) is 1.66. The number of nitrogens with one attached hydrogen (secondary N) is 1. The highest BCUT2D eigenvalue weighted by atomic mass is 79.9. The van der Waals surface area contributed by atoms with Gasteiger partial charge in [0.25, 0.3) is 0 Å². The van der Waals surface area contributed by atoms with E-state index in [0.29, 0.717) is 6.61 Å². The third-order valence-corrected chi connectivity index (χ3v) is 2.85. The molecule has 2 atom stereocenters. The molecule has 0 aromatic rings. The molecule has 13 heavy (non-hydrogen) atoms. The quantitative estimate of drug-likeness (QED) is 0.731. The highest BCUT2D eigenvalue weighted by Crippen LogP contribution is 2.04. The van der Waals surface area contributed by atoms with Crippen molar-refractivity contribution in [2.24, 2.45) is 0 Å². The summed E-state index contributed by atoms with van der Waals surface area (Å²) >= 11 is 3.30. The molecule has 0 bridgehead atoms. The molecule has 0 aromatic heterocycles. The van der Waals surface area contributed by atoms with Gasteiger partial charge in [0.1, 0.15) is 0 Å². The van der Waals surface area contributed by atoms with Gasteiger partial charge in [-0.05, 0) is 19.8 Å². The van der Waals surface area contributed by atoms with Crippen molar-refractivity contribution in [3.05, 3.63) is 0 Å². The first-order chi connectivity index (χ1) is 6.11. The Balaban J connectivity index is 3.64. The second-order valence-electron chi connectivity index (χ2n) is 3.07. The number of methoxy groups -OCH3 is 1. The fourth-order valence-corrected chi connectivity index (χ4v) is 1.02. The van der Waals surface area contributed by atoms with Gasteiger partial charge in [-0.2, -0.15) is 0 Å². The number of hydrogen-bond acceptors (Lipinski definition) is 2. The SMILES string of the molecule is CCC(Br)C(=O)NC(C)CCOC. The maximum atomic E-state index is 11.3. The number of rotatable bonds is 6. The van der Waals surface area contributed by atoms with E-state index in [1.165, 1.54) is 0 Å². The number of halogens is 1. The minimum atomic E-state index is -0.0718. The third-order valence-electron chi connectivity index (χ3n) is 1.79. The van der Waals surface area contributed by atoms with E-state index in [4.69, 9.17) is 4.74 Å². The van der Waals surface area contributed by atoms with E-state index in [-0.39, 0.29) is 16.8 Å². The van der Waals surface area contributed by atoms with E-state index < -0.39 is 0 Å². The summed E-state index contributed by atoms with van der Waals surface area (Å²) in [5.41, 5.74) is 0. The molecule has 0 aromatic carbocycles. The highest BCUT2D eigenvalue weighted by Gasteiger charge is 2.14. The van der Waals surface area contributed by atoms with Gasteiger partial charge in [0.2, 0.25) is 5.91 Å². The van der Waals surface area contributed by atoms with Crippen LogP contribution in [0, 0.1) is 0 Å². The molecule has 0 heterocycles. The number of carbonyl (C=O) groups excluding carboxylic acids is 1. The fraction of sp³-hybridized carbons (Fsp3) is 0.889. The van der Waals surface area contributed by atoms with Gasteiger partial charge < -0.3 is 10.1 Å². The average molecular weight is 252 g/mol. The Kier molecular flexibility index (Phi) is 7.28. The summed E-state index contributed by atoms with van der Waals surface area (Å²) in [5.74, 6) is 0.0612. The van der Waals surface area contributed by atoms with Crippen LogP contribution in [0.2, 0.25) is 0 Å². The van der Waals surface area contributed by atoms with Crippen LogP contribution in [-0.2, 0) is 9.53 Å². The Morgan fingerprint density at radius 1 is 1.62 bits per heavy atom. The van der Waals surface area contributed by atoms with Crippen molar-refractivity contribution >= 4 is 21.8 Å². The average Bonchev–Trinajstić information content (AvgIpc) is 2.13. The lowest BCUT2D eigenvalue weighted by Gasteiger charge is -2.15. The van der Waals surface area contributed by atoms with Crippen molar-refractivity contribution < 1.29 is 9.53 Å². The van der Waals surface area contributed by atoms with Crippen molar-refractivity contribution in [1.29, 1.82) is 0 Å². The number of alkyl halides is 1. The van der Waals surface area contributed by atoms with Gasteiger partial charge in [-0.3, -0.25) is 4.79 Å². The monoisotopic (exact) mass is 251 g/mol. The Morgan fingerprint density at radius 2 is 2.23 bits per heavy atom. The molecule has 0 rings (SSSR count). The van der Waals surface area contributed by atoms with E-state index in [9.17, 15) is 4.79 Å². The molecule has 1 amide bonds. The molecule has 1 N–H and O–H groups in total. The first-order valence-electron chi connectivity index (χ1n) is 4.55. The van der Waals surface area contributed by atoms with E-state index in [1.54, 1.807) is 7.11 Å². The fourth-order valence-electron chi connectivity index (χ4n) is 0.885. The zero-order chi connectivity index (χ0) is 10.3. The maximum absolute atomic E-state index is 11.3. The number of hydrogen-bond donors (Lipinski definition) is 1. The predicted molar refractivity (Wildman–Crippen MR) is 57.1 cm³/mol. The van der Waals surface area contributed by atoms with Gasteiger partial charge in [-0.25, -0.2) is 0 Å². The first kappa shape index (κ1) is 12.9. The summed E-state index contributed by atoms with van der Waals surface area (Å²) in [6.45, 7) is 4.63. The normalized spacial score (nSPS) is 15.1. The van der Waals surface area contributed by atoms with Crippen LogP contribution in [-0.4, -0.2) is 30.5 Å². The Labute approximate surface area is 88.4 Å². The Bertz CT molecular complexity index is 153. The van der Waals surface area contributed by atoms with Crippen molar-refractivity contribution in [3.8, 4) is 0 Å². The van der Waals surface area contributed by atoms with Crippen LogP contribution >= 0.6 is 15.9 Å². The summed E-state index contributed by atoms with van der Waals surface area (Å²) in [5, 5.41) is 2.90. The molecule has 0 radical (unpaired) electrons. The first-order valence-corrected chi connectivity index (χ1v) is 5.46. The third kappa shape index (κ3) is 6.05. The molecular formula is C9H18BrNO2. The molecule has 0 aliphatic rings. The Hall–Kier alpha value is -0.0900. The Morgan fingerprint density at radius 3 is 2.69 bits per heavy atom. The van der Waals surface area contributed by atoms with Crippen LogP contribution < -0.4 is 5.32 Å². The van der Waals surface area contributed by atoms with Gasteiger partial charge in [0.05, 0.1) is 4.83 Å². The number of carbonyl (C=O) groups is 1. The minimum Gasteiger partial charge on any atom is -0.385 e. The van der Waals surface area contributed by atoms with Crippen molar-refractivity contribution in [1.82, 2.24) is 5.32 Å². The van der Waals surface area contributed by atoms with Gasteiger partial charge in [-0.1, -0.05) is 22.9 Å². The van der Waals surface area contributed by atoms with Crippen LogP contribution in [0.1, 0.15) is 26.7 Å². The molecule has 0 fully saturated rings. The van der Waals surface area contributed by atoms with Gasteiger partial charge >= 0.3 is 0 Å². The molecule has 0 saturated carbocycles. The largest absolute Gasteiger partial charge is 0.385 e. The van der Waals surface area contributed by atoms with Crippen LogP contribution in [0.25, 0.3) is 0 Å². The number of amides is 1. The summed E-state index contributed by atoms with van der Waals surface area (Å²) < 4.78 is 4.92. The maximum Gasteiger partial charge on any atom is 0.233 e. The van der Waals surface area contributed by atoms with Crippen molar-refractivity contribution in [2.45, 2.75) is 37.6 Å². The van der Waals surface area contributed by atoms with E-state index in [0.717, 1.165) is 12.8 Å². The lowest BCUT2D eigenvalue weighted by Crippen LogP contribution is -2.38. The lowest BCUT2D eigenvalue weighted by atomic mass is 10.2. The topological polar surface area (TPSA) is 38.3 Å². The summed E-state index contributed by atoms with van der Waals surface area (Å²) in [6, 6.07) is 0.180. The highest BCUT2D eigenvalue weighted by molar-refractivity contribution is 9.10. The zero-order valence-corrected chi connectivity index (χ0v) is 10.1. The van der Waals surface area contributed by atoms with Gasteiger partial charge in [0.15, 0.2) is 0 Å². The van der Waals surface area contributed by atoms with E-state index in [1.807, 2.05) is 13.8 Å². The molecule has 0 aliphatic carbocycles. The predicted octanol–water partition coefficient (Wildman–Crippen LogP) is 1.70. The lowest BCUT2D eigenvalue weighted by molar-refractivity contribution is -0.121. The second kappa shape index (κ2) is 7.33. The van der Waals surface area contributed by atoms with Crippen molar-refractivity contribution in [3.63, 3.8) is 0 Å². The second-order valence-corrected chi connectivity index (χ2v) is 4.17. The van der Waals surface area contributed by atoms with E-state index >= 15 is 0 Å². The summed E-state index contributed by atoms with van der Waals surface area (Å²) in [7, 11) is 1.66. The summed E-state index contributed by atoms with van der Waals surface area (Å²) in [4.78, 5) is 11.3. The number of ether oxygens (including phenoxy) is 1. The molecular weight excluding hydrogens is 234 g/mol. The van der Waals surface area contributed by atoms with Gasteiger partial charge in [0, 0.05) is 19.8 Å². The van der Waals surface area contributed by atoms with Crippen LogP contribution in [0.3, 0.4) is 0 Å². The minimum absolute atomic E-state index is 0.0612. The smallest absolute Gasteiger partial charge is 0.233 e. The molecule has 3 nitrogen and oxygen atoms in total. The van der Waals surface area contributed by atoms with Gasteiger partial charge in [-0.15, -0.1) is 0 Å².